The van der Waals surface area contributed by atoms with Crippen LogP contribution in [0.25, 0.3) is 0 Å². The number of sulfonamides is 1. The maximum Gasteiger partial charge on any atom is 0.289 e. The predicted octanol–water partition coefficient (Wildman–Crippen LogP) is 1.29. The third-order valence-corrected chi connectivity index (χ3v) is 4.26. The number of benzene rings is 1. The molecule has 0 amide bonds. The Hall–Kier alpha value is -2.26. The fraction of sp³-hybridized carbons (Fsp3) is 0.250. The van der Waals surface area contributed by atoms with E-state index in [4.69, 9.17) is 0 Å². The quantitative estimate of drug-likeness (QED) is 0.639. The van der Waals surface area contributed by atoms with Gasteiger partial charge >= 0.3 is 0 Å². The highest BCUT2D eigenvalue weighted by molar-refractivity contribution is 7.89. The molecule has 0 spiro atoms. The van der Waals surface area contributed by atoms with Gasteiger partial charge in [-0.2, -0.15) is 5.10 Å². The average molecular weight is 310 g/mol. The van der Waals surface area contributed by atoms with Crippen molar-refractivity contribution < 1.29 is 13.3 Å². The number of para-hydroxylation sites is 1. The third kappa shape index (κ3) is 3.44. The summed E-state index contributed by atoms with van der Waals surface area (Å²) in [7, 11) is -3.97. The Bertz CT molecular complexity index is 754. The first-order chi connectivity index (χ1) is 9.94. The van der Waals surface area contributed by atoms with Crippen molar-refractivity contribution >= 4 is 15.7 Å². The molecule has 0 aliphatic carbocycles. The summed E-state index contributed by atoms with van der Waals surface area (Å²) in [6, 6.07) is 6.89. The summed E-state index contributed by atoms with van der Waals surface area (Å²) in [4.78, 5) is 9.80. The van der Waals surface area contributed by atoms with E-state index in [0.717, 1.165) is 6.07 Å². The van der Waals surface area contributed by atoms with E-state index in [1.54, 1.807) is 16.9 Å². The fourth-order valence-electron chi connectivity index (χ4n) is 1.76. The molecule has 0 saturated heterocycles. The van der Waals surface area contributed by atoms with Gasteiger partial charge in [0.1, 0.15) is 0 Å². The van der Waals surface area contributed by atoms with Crippen molar-refractivity contribution in [1.29, 1.82) is 0 Å². The molecule has 0 bridgehead atoms. The first-order valence-electron chi connectivity index (χ1n) is 6.19. The van der Waals surface area contributed by atoms with Crippen molar-refractivity contribution in [1.82, 2.24) is 14.5 Å². The van der Waals surface area contributed by atoms with Gasteiger partial charge in [0.25, 0.3) is 5.69 Å². The van der Waals surface area contributed by atoms with Crippen LogP contribution in [0.5, 0.6) is 0 Å². The second-order valence-corrected chi connectivity index (χ2v) is 5.95. The van der Waals surface area contributed by atoms with Gasteiger partial charge in [0, 0.05) is 18.8 Å². The number of aryl methyl sites for hydroxylation is 1. The van der Waals surface area contributed by atoms with Gasteiger partial charge in [0.05, 0.1) is 17.2 Å². The largest absolute Gasteiger partial charge is 0.289 e. The number of nitrogens with zero attached hydrogens (tertiary/aromatic N) is 3. The molecule has 1 heterocycles. The molecule has 8 nitrogen and oxygen atoms in total. The molecular formula is C12H14N4O4S. The molecule has 0 saturated carbocycles. The summed E-state index contributed by atoms with van der Waals surface area (Å²) >= 11 is 0. The lowest BCUT2D eigenvalue weighted by atomic mass is 10.3. The minimum atomic E-state index is -3.97. The van der Waals surface area contributed by atoms with Crippen LogP contribution >= 0.6 is 0 Å². The number of hydrogen-bond acceptors (Lipinski definition) is 5. The van der Waals surface area contributed by atoms with E-state index in [9.17, 15) is 18.5 Å². The van der Waals surface area contributed by atoms with Crippen LogP contribution < -0.4 is 4.72 Å². The van der Waals surface area contributed by atoms with Gasteiger partial charge < -0.3 is 0 Å². The van der Waals surface area contributed by atoms with Crippen LogP contribution in [0.1, 0.15) is 12.6 Å². The van der Waals surface area contributed by atoms with E-state index in [0.29, 0.717) is 12.2 Å². The van der Waals surface area contributed by atoms with Crippen LogP contribution in [0.3, 0.4) is 0 Å². The highest BCUT2D eigenvalue weighted by Crippen LogP contribution is 2.22. The summed E-state index contributed by atoms with van der Waals surface area (Å²) in [5.74, 6) is 0. The minimum Gasteiger partial charge on any atom is -0.273 e. The van der Waals surface area contributed by atoms with Crippen molar-refractivity contribution in [3.63, 3.8) is 0 Å². The van der Waals surface area contributed by atoms with Crippen LogP contribution in [0.15, 0.2) is 41.4 Å². The number of nitro benzene ring substituents is 1. The highest BCUT2D eigenvalue weighted by Gasteiger charge is 2.24. The Labute approximate surface area is 121 Å². The maximum atomic E-state index is 12.2. The van der Waals surface area contributed by atoms with E-state index in [2.05, 4.69) is 9.82 Å². The standard InChI is InChI=1S/C12H14N4O4S/c1-2-15-8-7-10(14-15)9-13-21(19,20)12-6-4-3-5-11(12)16(17)18/h3-8,13H,2,9H2,1H3. The lowest BCUT2D eigenvalue weighted by molar-refractivity contribution is -0.387. The lowest BCUT2D eigenvalue weighted by Crippen LogP contribution is -2.24. The SMILES string of the molecule is CCn1ccc(CNS(=O)(=O)c2ccccc2[N+](=O)[O-])n1. The van der Waals surface area contributed by atoms with E-state index in [1.807, 2.05) is 6.92 Å². The third-order valence-electron chi connectivity index (χ3n) is 2.81. The second kappa shape index (κ2) is 6.02. The molecule has 1 aromatic carbocycles. The molecule has 2 aromatic rings. The van der Waals surface area contributed by atoms with Crippen molar-refractivity contribution in [2.75, 3.05) is 0 Å². The Balaban J connectivity index is 2.21. The van der Waals surface area contributed by atoms with Gasteiger partial charge in [-0.15, -0.1) is 0 Å². The zero-order chi connectivity index (χ0) is 15.5. The van der Waals surface area contributed by atoms with Crippen LogP contribution in [0.2, 0.25) is 0 Å². The van der Waals surface area contributed by atoms with Gasteiger partial charge in [0.2, 0.25) is 10.0 Å². The van der Waals surface area contributed by atoms with Crippen molar-refractivity contribution in [3.8, 4) is 0 Å². The molecule has 0 aliphatic rings. The molecule has 0 radical (unpaired) electrons. The molecule has 1 aromatic heterocycles. The van der Waals surface area contributed by atoms with E-state index in [1.165, 1.54) is 18.2 Å². The highest BCUT2D eigenvalue weighted by atomic mass is 32.2. The molecular weight excluding hydrogens is 296 g/mol. The summed E-state index contributed by atoms with van der Waals surface area (Å²) in [5, 5.41) is 15.0. The van der Waals surface area contributed by atoms with Crippen LogP contribution in [-0.4, -0.2) is 23.1 Å². The number of aromatic nitrogens is 2. The lowest BCUT2D eigenvalue weighted by Gasteiger charge is -2.05. The normalized spacial score (nSPS) is 11.5. The molecule has 21 heavy (non-hydrogen) atoms. The average Bonchev–Trinajstić information content (AvgIpc) is 2.93. The van der Waals surface area contributed by atoms with Crippen LogP contribution in [0, 0.1) is 10.1 Å². The molecule has 0 unspecified atom stereocenters. The minimum absolute atomic E-state index is 0.0264. The molecule has 1 N–H and O–H groups in total. The molecule has 0 fully saturated rings. The van der Waals surface area contributed by atoms with Gasteiger partial charge in [-0.25, -0.2) is 13.1 Å². The maximum absolute atomic E-state index is 12.2. The van der Waals surface area contributed by atoms with Crippen LogP contribution in [0.4, 0.5) is 5.69 Å². The number of nitro groups is 1. The monoisotopic (exact) mass is 310 g/mol. The molecule has 0 atom stereocenters. The Morgan fingerprint density at radius 3 is 2.67 bits per heavy atom. The second-order valence-electron chi connectivity index (χ2n) is 4.21. The fourth-order valence-corrected chi connectivity index (χ4v) is 2.93. The summed E-state index contributed by atoms with van der Waals surface area (Å²) in [6.07, 6.45) is 1.73. The summed E-state index contributed by atoms with van der Waals surface area (Å²) in [5.41, 5.74) is 0.0862. The molecule has 9 heteroatoms. The first-order valence-corrected chi connectivity index (χ1v) is 7.68. The van der Waals surface area contributed by atoms with E-state index in [-0.39, 0.29) is 11.4 Å². The zero-order valence-electron chi connectivity index (χ0n) is 11.3. The van der Waals surface area contributed by atoms with Gasteiger partial charge in [0.15, 0.2) is 4.90 Å². The molecule has 2 rings (SSSR count). The van der Waals surface area contributed by atoms with Crippen LogP contribution in [-0.2, 0) is 23.1 Å². The zero-order valence-corrected chi connectivity index (χ0v) is 12.1. The smallest absolute Gasteiger partial charge is 0.273 e. The Morgan fingerprint density at radius 1 is 1.33 bits per heavy atom. The number of rotatable bonds is 6. The summed E-state index contributed by atoms with van der Waals surface area (Å²) in [6.45, 7) is 2.56. The van der Waals surface area contributed by atoms with E-state index < -0.39 is 20.6 Å². The topological polar surface area (TPSA) is 107 Å². The van der Waals surface area contributed by atoms with Gasteiger partial charge in [-0.3, -0.25) is 14.8 Å². The number of nitrogens with one attached hydrogen (secondary N) is 1. The predicted molar refractivity (Wildman–Crippen MR) is 75.0 cm³/mol. The van der Waals surface area contributed by atoms with Crippen molar-refractivity contribution in [3.05, 3.63) is 52.3 Å². The van der Waals surface area contributed by atoms with Gasteiger partial charge in [-0.1, -0.05) is 12.1 Å². The Morgan fingerprint density at radius 2 is 2.05 bits per heavy atom. The first kappa shape index (κ1) is 15.1. The Kier molecular flexibility index (Phi) is 4.34. The van der Waals surface area contributed by atoms with Crippen molar-refractivity contribution in [2.24, 2.45) is 0 Å². The number of hydrogen-bond donors (Lipinski definition) is 1. The van der Waals surface area contributed by atoms with Gasteiger partial charge in [-0.05, 0) is 19.1 Å². The molecule has 0 aliphatic heterocycles. The molecule has 112 valence electrons. The van der Waals surface area contributed by atoms with E-state index >= 15 is 0 Å². The van der Waals surface area contributed by atoms with Crippen molar-refractivity contribution in [2.45, 2.75) is 24.9 Å². The summed E-state index contributed by atoms with van der Waals surface area (Å²) < 4.78 is 28.3.